The van der Waals surface area contributed by atoms with Crippen LogP contribution >= 0.6 is 11.8 Å². The Morgan fingerprint density at radius 3 is 2.38 bits per heavy atom. The van der Waals surface area contributed by atoms with Crippen molar-refractivity contribution < 1.29 is 4.79 Å². The van der Waals surface area contributed by atoms with Crippen molar-refractivity contribution in [2.75, 3.05) is 0 Å². The standard InChI is InChI=1S/C3H7N3OS/c1-2(7)8-3(4)6-5/h5H2,1H3,(H2,4,6). The fraction of sp³-hybridized carbons (Fsp3) is 0.333. The Hall–Kier alpha value is -0.710. The summed E-state index contributed by atoms with van der Waals surface area (Å²) < 4.78 is 0. The second kappa shape index (κ2) is 3.31. The van der Waals surface area contributed by atoms with Crippen LogP contribution in [0.15, 0.2) is 5.10 Å². The van der Waals surface area contributed by atoms with Gasteiger partial charge in [0.2, 0.25) is 0 Å². The topological polar surface area (TPSA) is 81.5 Å². The summed E-state index contributed by atoms with van der Waals surface area (Å²) in [6, 6.07) is 0. The van der Waals surface area contributed by atoms with Gasteiger partial charge in [-0.3, -0.25) is 4.79 Å². The molecule has 46 valence electrons. The van der Waals surface area contributed by atoms with Crippen LogP contribution in [0.4, 0.5) is 0 Å². The van der Waals surface area contributed by atoms with Crippen LogP contribution in [0.3, 0.4) is 0 Å². The Morgan fingerprint density at radius 2 is 2.25 bits per heavy atom. The van der Waals surface area contributed by atoms with Gasteiger partial charge in [-0.05, 0) is 11.8 Å². The first kappa shape index (κ1) is 7.29. The minimum atomic E-state index is -0.114. The number of amidine groups is 1. The fourth-order valence-corrected chi connectivity index (χ4v) is 0.521. The summed E-state index contributed by atoms with van der Waals surface area (Å²) in [6.45, 7) is 1.39. The second-order valence-electron chi connectivity index (χ2n) is 1.06. The molecule has 0 rings (SSSR count). The molecule has 0 saturated carbocycles. The summed E-state index contributed by atoms with van der Waals surface area (Å²) in [5.74, 6) is 4.71. The highest BCUT2D eigenvalue weighted by Crippen LogP contribution is 1.97. The average Bonchev–Trinajstić information content (AvgIpc) is 1.65. The molecule has 4 N–H and O–H groups in total. The van der Waals surface area contributed by atoms with E-state index in [1.807, 2.05) is 0 Å². The predicted octanol–water partition coefficient (Wildman–Crippen LogP) is -0.546. The van der Waals surface area contributed by atoms with Crippen LogP contribution in [0.2, 0.25) is 0 Å². The number of hydrogen-bond donors (Lipinski definition) is 2. The molecule has 0 fully saturated rings. The maximum atomic E-state index is 10.2. The number of rotatable bonds is 0. The van der Waals surface area contributed by atoms with E-state index in [2.05, 4.69) is 5.10 Å². The van der Waals surface area contributed by atoms with Gasteiger partial charge < -0.3 is 11.6 Å². The molecular weight excluding hydrogens is 126 g/mol. The molecule has 5 heteroatoms. The number of thioether (sulfide) groups is 1. The lowest BCUT2D eigenvalue weighted by Gasteiger charge is -1.88. The van der Waals surface area contributed by atoms with Crippen molar-refractivity contribution in [3.8, 4) is 0 Å². The molecule has 0 amide bonds. The van der Waals surface area contributed by atoms with Gasteiger partial charge in [-0.15, -0.1) is 0 Å². The van der Waals surface area contributed by atoms with Crippen LogP contribution < -0.4 is 11.6 Å². The number of hydrogen-bond acceptors (Lipinski definition) is 4. The van der Waals surface area contributed by atoms with E-state index in [1.54, 1.807) is 0 Å². The molecule has 0 heterocycles. The quantitative estimate of drug-likeness (QED) is 0.201. The van der Waals surface area contributed by atoms with E-state index < -0.39 is 0 Å². The first-order valence-corrected chi connectivity index (χ1v) is 2.70. The first-order chi connectivity index (χ1) is 3.66. The summed E-state index contributed by atoms with van der Waals surface area (Å²) >= 11 is 0.818. The van der Waals surface area contributed by atoms with E-state index >= 15 is 0 Å². The van der Waals surface area contributed by atoms with Gasteiger partial charge in [0.25, 0.3) is 0 Å². The van der Waals surface area contributed by atoms with Gasteiger partial charge in [-0.2, -0.15) is 5.10 Å². The van der Waals surface area contributed by atoms with Crippen LogP contribution in [0.25, 0.3) is 0 Å². The van der Waals surface area contributed by atoms with E-state index in [-0.39, 0.29) is 10.3 Å². The second-order valence-corrected chi connectivity index (χ2v) is 2.26. The van der Waals surface area contributed by atoms with Crippen molar-refractivity contribution >= 4 is 22.0 Å². The van der Waals surface area contributed by atoms with E-state index in [0.717, 1.165) is 11.8 Å². The molecule has 0 saturated heterocycles. The molecule has 4 nitrogen and oxygen atoms in total. The van der Waals surface area contributed by atoms with Crippen LogP contribution in [0.5, 0.6) is 0 Å². The van der Waals surface area contributed by atoms with Gasteiger partial charge >= 0.3 is 0 Å². The van der Waals surface area contributed by atoms with Crippen molar-refractivity contribution in [1.29, 1.82) is 0 Å². The average molecular weight is 133 g/mol. The molecule has 0 aliphatic heterocycles. The number of carbonyl (C=O) groups excluding carboxylic acids is 1. The lowest BCUT2D eigenvalue weighted by atomic mass is 10.9. The van der Waals surface area contributed by atoms with Gasteiger partial charge in [0.05, 0.1) is 0 Å². The zero-order valence-corrected chi connectivity index (χ0v) is 5.23. The van der Waals surface area contributed by atoms with Gasteiger partial charge in [-0.1, -0.05) is 0 Å². The summed E-state index contributed by atoms with van der Waals surface area (Å²) in [6.07, 6.45) is 0. The lowest BCUT2D eigenvalue weighted by Crippen LogP contribution is -2.10. The zero-order valence-electron chi connectivity index (χ0n) is 4.42. The van der Waals surface area contributed by atoms with Gasteiger partial charge in [0, 0.05) is 6.92 Å². The number of nitrogens with two attached hydrogens (primary N) is 2. The molecule has 0 bridgehead atoms. The lowest BCUT2D eigenvalue weighted by molar-refractivity contribution is -0.109. The van der Waals surface area contributed by atoms with Crippen LogP contribution in [0.1, 0.15) is 6.92 Å². The molecule has 0 aliphatic rings. The molecule has 0 unspecified atom stereocenters. The van der Waals surface area contributed by atoms with Crippen LogP contribution in [-0.2, 0) is 4.79 Å². The number of nitrogens with zero attached hydrogens (tertiary/aromatic N) is 1. The molecule has 0 radical (unpaired) electrons. The van der Waals surface area contributed by atoms with Crippen molar-refractivity contribution in [2.24, 2.45) is 16.7 Å². The van der Waals surface area contributed by atoms with E-state index in [9.17, 15) is 4.79 Å². The third-order valence-corrected chi connectivity index (χ3v) is 0.978. The van der Waals surface area contributed by atoms with Crippen molar-refractivity contribution in [1.82, 2.24) is 0 Å². The molecule has 0 atom stereocenters. The van der Waals surface area contributed by atoms with Crippen molar-refractivity contribution in [2.45, 2.75) is 6.92 Å². The zero-order chi connectivity index (χ0) is 6.57. The number of hydrazone groups is 1. The largest absolute Gasteiger partial charge is 0.377 e. The summed E-state index contributed by atoms with van der Waals surface area (Å²) in [5.41, 5.74) is 5.04. The Labute approximate surface area is 51.3 Å². The maximum absolute atomic E-state index is 10.2. The highest BCUT2D eigenvalue weighted by Gasteiger charge is 1.95. The monoisotopic (exact) mass is 133 g/mol. The third kappa shape index (κ3) is 3.48. The summed E-state index contributed by atoms with van der Waals surface area (Å²) in [4.78, 5) is 10.2. The Bertz CT molecular complexity index is 122. The highest BCUT2D eigenvalue weighted by molar-refractivity contribution is 8.26. The number of carbonyl (C=O) groups is 1. The van der Waals surface area contributed by atoms with Crippen LogP contribution in [0, 0.1) is 0 Å². The minimum Gasteiger partial charge on any atom is -0.377 e. The van der Waals surface area contributed by atoms with E-state index in [0.29, 0.717) is 0 Å². The SMILES string of the molecule is CC(=O)SC(N)=NN. The molecule has 8 heavy (non-hydrogen) atoms. The minimum absolute atomic E-state index is 0.0949. The van der Waals surface area contributed by atoms with Crippen LogP contribution in [-0.4, -0.2) is 10.3 Å². The molecule has 0 spiro atoms. The molecule has 0 aromatic heterocycles. The third-order valence-electron chi connectivity index (χ3n) is 0.376. The van der Waals surface area contributed by atoms with Crippen molar-refractivity contribution in [3.05, 3.63) is 0 Å². The highest BCUT2D eigenvalue weighted by atomic mass is 32.2. The maximum Gasteiger partial charge on any atom is 0.193 e. The molecular formula is C3H7N3OS. The fourth-order valence-electron chi connectivity index (χ4n) is 0.174. The smallest absolute Gasteiger partial charge is 0.193 e. The Balaban J connectivity index is 3.56. The molecule has 0 aliphatic carbocycles. The van der Waals surface area contributed by atoms with E-state index in [4.69, 9.17) is 11.6 Å². The van der Waals surface area contributed by atoms with E-state index in [1.165, 1.54) is 6.92 Å². The van der Waals surface area contributed by atoms with Gasteiger partial charge in [-0.25, -0.2) is 0 Å². The Morgan fingerprint density at radius 1 is 1.75 bits per heavy atom. The first-order valence-electron chi connectivity index (χ1n) is 1.88. The van der Waals surface area contributed by atoms with Gasteiger partial charge in [0.1, 0.15) is 0 Å². The summed E-state index contributed by atoms with van der Waals surface area (Å²) in [7, 11) is 0. The summed E-state index contributed by atoms with van der Waals surface area (Å²) in [5, 5.41) is 3.05. The molecule has 0 aromatic carbocycles. The Kier molecular flexibility index (Phi) is 3.02. The normalized spacial score (nSPS) is 11.4. The van der Waals surface area contributed by atoms with Crippen molar-refractivity contribution in [3.63, 3.8) is 0 Å². The molecule has 0 aromatic rings. The van der Waals surface area contributed by atoms with Gasteiger partial charge in [0.15, 0.2) is 10.3 Å². The predicted molar refractivity (Wildman–Crippen MR) is 34.1 cm³/mol.